The lowest BCUT2D eigenvalue weighted by molar-refractivity contribution is 0.0901. The van der Waals surface area contributed by atoms with Gasteiger partial charge in [0.2, 0.25) is 5.89 Å². The van der Waals surface area contributed by atoms with Gasteiger partial charge in [-0.3, -0.25) is 4.79 Å². The number of amides is 1. The average molecular weight is 427 g/mol. The van der Waals surface area contributed by atoms with Crippen LogP contribution in [0.2, 0.25) is 5.02 Å². The Balaban J connectivity index is 1.68. The van der Waals surface area contributed by atoms with E-state index in [1.54, 1.807) is 13.0 Å². The zero-order valence-corrected chi connectivity index (χ0v) is 17.9. The molecule has 8 heteroatoms. The van der Waals surface area contributed by atoms with Gasteiger partial charge in [-0.25, -0.2) is 4.98 Å². The summed E-state index contributed by atoms with van der Waals surface area (Å²) in [5.41, 5.74) is 1.97. The number of benzene rings is 1. The normalized spacial score (nSPS) is 16.6. The van der Waals surface area contributed by atoms with E-state index in [9.17, 15) is 4.79 Å². The second kappa shape index (κ2) is 8.16. The molecule has 1 N–H and O–H groups in total. The van der Waals surface area contributed by atoms with Crippen LogP contribution in [-0.2, 0) is 10.3 Å². The van der Waals surface area contributed by atoms with Crippen molar-refractivity contribution in [2.24, 2.45) is 0 Å². The number of nitrogens with zero attached hydrogens (tertiary/aromatic N) is 3. The second-order valence-electron chi connectivity index (χ2n) is 7.86. The third-order valence-corrected chi connectivity index (χ3v) is 5.28. The van der Waals surface area contributed by atoms with E-state index in [0.29, 0.717) is 28.1 Å². The van der Waals surface area contributed by atoms with E-state index in [2.05, 4.69) is 15.5 Å². The summed E-state index contributed by atoms with van der Waals surface area (Å²) < 4.78 is 10.9. The van der Waals surface area contributed by atoms with E-state index in [1.807, 2.05) is 44.2 Å². The van der Waals surface area contributed by atoms with Gasteiger partial charge in [-0.15, -0.1) is 0 Å². The number of aromatic nitrogens is 3. The zero-order chi connectivity index (χ0) is 21.3. The molecule has 3 heterocycles. The molecule has 0 bridgehead atoms. The first-order valence-corrected chi connectivity index (χ1v) is 10.2. The summed E-state index contributed by atoms with van der Waals surface area (Å²) in [7, 11) is 0. The van der Waals surface area contributed by atoms with Crippen molar-refractivity contribution in [3.05, 3.63) is 64.4 Å². The van der Waals surface area contributed by atoms with Gasteiger partial charge in [0.25, 0.3) is 5.91 Å². The molecule has 0 aliphatic carbocycles. The largest absolute Gasteiger partial charge is 0.373 e. The van der Waals surface area contributed by atoms with Gasteiger partial charge in [-0.1, -0.05) is 35.0 Å². The van der Waals surface area contributed by atoms with Crippen LogP contribution in [0.4, 0.5) is 0 Å². The summed E-state index contributed by atoms with van der Waals surface area (Å²) in [5.74, 6) is 0.513. The number of hydrogen-bond acceptors (Lipinski definition) is 6. The first-order valence-electron chi connectivity index (χ1n) is 9.85. The van der Waals surface area contributed by atoms with E-state index in [0.717, 1.165) is 30.6 Å². The predicted octanol–water partition coefficient (Wildman–Crippen LogP) is 4.61. The van der Waals surface area contributed by atoms with Crippen LogP contribution >= 0.6 is 11.6 Å². The van der Waals surface area contributed by atoms with Crippen molar-refractivity contribution in [3.63, 3.8) is 0 Å². The minimum absolute atomic E-state index is 0.0395. The topological polar surface area (TPSA) is 90.1 Å². The number of ether oxygens (including phenoxy) is 1. The highest BCUT2D eigenvalue weighted by Crippen LogP contribution is 2.35. The molecule has 1 fully saturated rings. The van der Waals surface area contributed by atoms with E-state index < -0.39 is 5.54 Å². The molecular weight excluding hydrogens is 404 g/mol. The predicted molar refractivity (Wildman–Crippen MR) is 112 cm³/mol. The third-order valence-electron chi connectivity index (χ3n) is 5.05. The molecule has 1 aliphatic heterocycles. The first-order chi connectivity index (χ1) is 14.3. The molecule has 1 amide bonds. The number of hydrogen-bond donors (Lipinski definition) is 1. The van der Waals surface area contributed by atoms with Crippen LogP contribution in [0.5, 0.6) is 0 Å². The molecule has 4 rings (SSSR count). The molecule has 2 aromatic heterocycles. The van der Waals surface area contributed by atoms with Crippen molar-refractivity contribution in [1.29, 1.82) is 0 Å². The summed E-state index contributed by atoms with van der Waals surface area (Å²) in [6.45, 7) is 6.05. The molecule has 3 aromatic rings. The van der Waals surface area contributed by atoms with Gasteiger partial charge in [0.15, 0.2) is 5.82 Å². The van der Waals surface area contributed by atoms with E-state index in [1.165, 1.54) is 0 Å². The van der Waals surface area contributed by atoms with E-state index in [4.69, 9.17) is 25.8 Å². The van der Waals surface area contributed by atoms with Crippen molar-refractivity contribution in [2.75, 3.05) is 6.61 Å². The lowest BCUT2D eigenvalue weighted by Crippen LogP contribution is -2.42. The van der Waals surface area contributed by atoms with Crippen LogP contribution in [0.25, 0.3) is 11.3 Å². The molecule has 1 unspecified atom stereocenters. The van der Waals surface area contributed by atoms with Crippen molar-refractivity contribution in [3.8, 4) is 11.3 Å². The maximum absolute atomic E-state index is 13.0. The Bertz CT molecular complexity index is 1070. The molecule has 0 radical (unpaired) electrons. The highest BCUT2D eigenvalue weighted by Gasteiger charge is 2.30. The molecular formula is C22H23ClN4O3. The highest BCUT2D eigenvalue weighted by molar-refractivity contribution is 6.30. The SMILES string of the molecule is Cc1nc(C(C)(C)NC(=O)c2ccc(C3CCCO3)c(-c3cccc(Cl)c3)n2)no1. The fourth-order valence-electron chi connectivity index (χ4n) is 3.50. The second-order valence-corrected chi connectivity index (χ2v) is 8.30. The first kappa shape index (κ1) is 20.5. The number of carbonyl (C=O) groups excluding carboxylic acids is 1. The maximum Gasteiger partial charge on any atom is 0.270 e. The van der Waals surface area contributed by atoms with Gasteiger partial charge in [0.1, 0.15) is 5.69 Å². The van der Waals surface area contributed by atoms with Crippen molar-refractivity contribution in [2.45, 2.75) is 45.3 Å². The lowest BCUT2D eigenvalue weighted by Gasteiger charge is -2.22. The Labute approximate surface area is 179 Å². The van der Waals surface area contributed by atoms with Crippen LogP contribution < -0.4 is 5.32 Å². The van der Waals surface area contributed by atoms with Crippen LogP contribution in [0.15, 0.2) is 40.9 Å². The molecule has 0 spiro atoms. The van der Waals surface area contributed by atoms with Crippen LogP contribution in [0, 0.1) is 6.92 Å². The molecule has 1 aliphatic rings. The van der Waals surface area contributed by atoms with Gasteiger partial charge in [-0.2, -0.15) is 4.98 Å². The molecule has 1 saturated heterocycles. The average Bonchev–Trinajstić information content (AvgIpc) is 3.39. The van der Waals surface area contributed by atoms with Crippen LogP contribution in [0.1, 0.15) is 60.6 Å². The summed E-state index contributed by atoms with van der Waals surface area (Å²) in [5, 5.41) is 7.47. The smallest absolute Gasteiger partial charge is 0.270 e. The molecule has 1 aromatic carbocycles. The molecule has 7 nitrogen and oxygen atoms in total. The minimum Gasteiger partial charge on any atom is -0.373 e. The number of aryl methyl sites for hydroxylation is 1. The summed E-state index contributed by atoms with van der Waals surface area (Å²) >= 11 is 6.20. The highest BCUT2D eigenvalue weighted by atomic mass is 35.5. The Hall–Kier alpha value is -2.77. The lowest BCUT2D eigenvalue weighted by atomic mass is 9.99. The molecule has 30 heavy (non-hydrogen) atoms. The third kappa shape index (κ3) is 4.22. The Morgan fingerprint density at radius 1 is 1.23 bits per heavy atom. The van der Waals surface area contributed by atoms with Gasteiger partial charge in [-0.05, 0) is 44.9 Å². The number of pyridine rings is 1. The fraction of sp³-hybridized carbons (Fsp3) is 0.364. The van der Waals surface area contributed by atoms with E-state index in [-0.39, 0.29) is 12.0 Å². The van der Waals surface area contributed by atoms with Crippen molar-refractivity contribution >= 4 is 17.5 Å². The summed E-state index contributed by atoms with van der Waals surface area (Å²) in [4.78, 5) is 21.9. The number of carbonyl (C=O) groups is 1. The maximum atomic E-state index is 13.0. The van der Waals surface area contributed by atoms with Crippen LogP contribution in [0.3, 0.4) is 0 Å². The number of halogens is 1. The molecule has 0 saturated carbocycles. The van der Waals surface area contributed by atoms with Gasteiger partial charge in [0.05, 0.1) is 17.3 Å². The number of nitrogens with one attached hydrogen (secondary N) is 1. The standard InChI is InChI=1S/C22H23ClN4O3/c1-13-24-21(27-30-13)22(2,3)26-20(28)17-10-9-16(18-8-5-11-29-18)19(25-17)14-6-4-7-15(23)12-14/h4,6-7,9-10,12,18H,5,8,11H2,1-3H3,(H,26,28). The Morgan fingerprint density at radius 2 is 2.07 bits per heavy atom. The fourth-order valence-corrected chi connectivity index (χ4v) is 3.69. The van der Waals surface area contributed by atoms with Gasteiger partial charge >= 0.3 is 0 Å². The van der Waals surface area contributed by atoms with Gasteiger partial charge in [0, 0.05) is 29.7 Å². The summed E-state index contributed by atoms with van der Waals surface area (Å²) in [6, 6.07) is 11.1. The van der Waals surface area contributed by atoms with Gasteiger partial charge < -0.3 is 14.6 Å². The van der Waals surface area contributed by atoms with Crippen molar-refractivity contribution in [1.82, 2.24) is 20.4 Å². The Morgan fingerprint density at radius 3 is 2.73 bits per heavy atom. The number of rotatable bonds is 5. The van der Waals surface area contributed by atoms with Crippen molar-refractivity contribution < 1.29 is 14.1 Å². The summed E-state index contributed by atoms with van der Waals surface area (Å²) in [6.07, 6.45) is 1.88. The van der Waals surface area contributed by atoms with E-state index >= 15 is 0 Å². The molecule has 1 atom stereocenters. The molecule has 156 valence electrons. The minimum atomic E-state index is -0.819. The van der Waals surface area contributed by atoms with Crippen LogP contribution in [-0.4, -0.2) is 27.6 Å². The quantitative estimate of drug-likeness (QED) is 0.640. The zero-order valence-electron chi connectivity index (χ0n) is 17.1. The Kier molecular flexibility index (Phi) is 5.58. The monoisotopic (exact) mass is 426 g/mol.